The highest BCUT2D eigenvalue weighted by atomic mass is 32.2. The summed E-state index contributed by atoms with van der Waals surface area (Å²) in [5.74, 6) is 0.490. The summed E-state index contributed by atoms with van der Waals surface area (Å²) in [4.78, 5) is 11.7. The number of hydrogen-bond acceptors (Lipinski definition) is 5. The van der Waals surface area contributed by atoms with Crippen molar-refractivity contribution in [2.24, 2.45) is 0 Å². The van der Waals surface area contributed by atoms with Gasteiger partial charge in [0.2, 0.25) is 5.91 Å². The topological polar surface area (TPSA) is 84.5 Å². The van der Waals surface area contributed by atoms with Crippen LogP contribution in [0.1, 0.15) is 12.8 Å². The average Bonchev–Trinajstić information content (AvgIpc) is 2.43. The molecule has 0 aliphatic heterocycles. The molecule has 2 N–H and O–H groups in total. The van der Waals surface area contributed by atoms with E-state index in [0.29, 0.717) is 12.3 Å². The highest BCUT2D eigenvalue weighted by molar-refractivity contribution is 7.90. The molecule has 0 bridgehead atoms. The van der Waals surface area contributed by atoms with Gasteiger partial charge in [0, 0.05) is 12.8 Å². The number of hydrogen-bond donors (Lipinski definition) is 2. The standard InChI is InChI=1S/C14H22N2O4S/c1-15-9-3-10-16-14(17)8-11-20-12-4-6-13(7-5-12)21(2,18)19/h4-7,15H,3,8-11H2,1-2H3,(H,16,17). The van der Waals surface area contributed by atoms with Crippen molar-refractivity contribution in [3.05, 3.63) is 24.3 Å². The molecule has 21 heavy (non-hydrogen) atoms. The van der Waals surface area contributed by atoms with Crippen molar-refractivity contribution in [2.75, 3.05) is 33.0 Å². The van der Waals surface area contributed by atoms with Gasteiger partial charge in [0.25, 0.3) is 0 Å². The number of nitrogens with one attached hydrogen (secondary N) is 2. The Hall–Kier alpha value is -1.60. The van der Waals surface area contributed by atoms with Gasteiger partial charge in [-0.3, -0.25) is 4.79 Å². The quantitative estimate of drug-likeness (QED) is 0.652. The van der Waals surface area contributed by atoms with Crippen molar-refractivity contribution in [1.82, 2.24) is 10.6 Å². The second-order valence-corrected chi connectivity index (χ2v) is 6.66. The lowest BCUT2D eigenvalue weighted by atomic mass is 10.3. The molecular weight excluding hydrogens is 292 g/mol. The maximum atomic E-state index is 11.5. The molecule has 1 rings (SSSR count). The zero-order chi connectivity index (χ0) is 15.7. The molecule has 0 saturated carbocycles. The maximum Gasteiger partial charge on any atom is 0.223 e. The van der Waals surface area contributed by atoms with Crippen molar-refractivity contribution < 1.29 is 17.9 Å². The molecule has 0 aliphatic rings. The van der Waals surface area contributed by atoms with Gasteiger partial charge in [-0.25, -0.2) is 8.42 Å². The molecule has 118 valence electrons. The third-order valence-electron chi connectivity index (χ3n) is 2.78. The Morgan fingerprint density at radius 2 is 1.86 bits per heavy atom. The molecule has 0 radical (unpaired) electrons. The van der Waals surface area contributed by atoms with Gasteiger partial charge in [-0.05, 0) is 44.3 Å². The molecule has 1 amide bonds. The minimum absolute atomic E-state index is 0.0566. The van der Waals surface area contributed by atoms with E-state index >= 15 is 0 Å². The van der Waals surface area contributed by atoms with E-state index in [9.17, 15) is 13.2 Å². The minimum atomic E-state index is -3.19. The van der Waals surface area contributed by atoms with Crippen LogP contribution in [0.15, 0.2) is 29.2 Å². The average molecular weight is 314 g/mol. The smallest absolute Gasteiger partial charge is 0.223 e. The van der Waals surface area contributed by atoms with Gasteiger partial charge in [-0.15, -0.1) is 0 Å². The summed E-state index contributed by atoms with van der Waals surface area (Å²) >= 11 is 0. The summed E-state index contributed by atoms with van der Waals surface area (Å²) < 4.78 is 28.0. The third kappa shape index (κ3) is 7.10. The van der Waals surface area contributed by atoms with Crippen LogP contribution in [-0.2, 0) is 14.6 Å². The van der Waals surface area contributed by atoms with Crippen molar-refractivity contribution in [2.45, 2.75) is 17.7 Å². The van der Waals surface area contributed by atoms with Crippen LogP contribution in [0.25, 0.3) is 0 Å². The number of amides is 1. The molecule has 6 nitrogen and oxygen atoms in total. The zero-order valence-electron chi connectivity index (χ0n) is 12.4. The van der Waals surface area contributed by atoms with Crippen LogP contribution in [0, 0.1) is 0 Å². The number of ether oxygens (including phenoxy) is 1. The Bertz CT molecular complexity index is 541. The molecule has 0 saturated heterocycles. The van der Waals surface area contributed by atoms with Gasteiger partial charge in [0.05, 0.1) is 17.9 Å². The molecule has 1 aromatic carbocycles. The lowest BCUT2D eigenvalue weighted by Gasteiger charge is -2.07. The molecule has 0 spiro atoms. The van der Waals surface area contributed by atoms with E-state index in [1.165, 1.54) is 12.1 Å². The Kier molecular flexibility index (Phi) is 7.18. The van der Waals surface area contributed by atoms with E-state index in [4.69, 9.17) is 4.74 Å². The van der Waals surface area contributed by atoms with Gasteiger partial charge < -0.3 is 15.4 Å². The van der Waals surface area contributed by atoms with Crippen LogP contribution in [0.4, 0.5) is 0 Å². The van der Waals surface area contributed by atoms with Crippen LogP contribution in [0.2, 0.25) is 0 Å². The molecule has 0 aliphatic carbocycles. The monoisotopic (exact) mass is 314 g/mol. The van der Waals surface area contributed by atoms with Gasteiger partial charge in [-0.2, -0.15) is 0 Å². The summed E-state index contributed by atoms with van der Waals surface area (Å²) in [6.07, 6.45) is 2.31. The molecule has 1 aromatic rings. The largest absolute Gasteiger partial charge is 0.493 e. The first-order chi connectivity index (χ1) is 9.93. The fourth-order valence-corrected chi connectivity index (χ4v) is 2.26. The Morgan fingerprint density at radius 1 is 1.19 bits per heavy atom. The SMILES string of the molecule is CNCCCNC(=O)CCOc1ccc(S(C)(=O)=O)cc1. The fourth-order valence-electron chi connectivity index (χ4n) is 1.63. The molecule has 7 heteroatoms. The summed E-state index contributed by atoms with van der Waals surface area (Å²) in [6.45, 7) is 1.77. The summed E-state index contributed by atoms with van der Waals surface area (Å²) in [5.41, 5.74) is 0. The number of benzene rings is 1. The van der Waals surface area contributed by atoms with Gasteiger partial charge in [-0.1, -0.05) is 0 Å². The molecule has 0 aromatic heterocycles. The zero-order valence-corrected chi connectivity index (χ0v) is 13.2. The molecule has 0 heterocycles. The van der Waals surface area contributed by atoms with Gasteiger partial charge in [0.1, 0.15) is 5.75 Å². The van der Waals surface area contributed by atoms with E-state index in [2.05, 4.69) is 10.6 Å². The van der Waals surface area contributed by atoms with Crippen LogP contribution >= 0.6 is 0 Å². The number of rotatable bonds is 9. The normalized spacial score (nSPS) is 11.1. The first kappa shape index (κ1) is 17.5. The predicted octanol–water partition coefficient (Wildman–Crippen LogP) is 0.585. The van der Waals surface area contributed by atoms with Crippen LogP contribution in [-0.4, -0.2) is 47.3 Å². The second kappa shape index (κ2) is 8.63. The van der Waals surface area contributed by atoms with Crippen LogP contribution < -0.4 is 15.4 Å². The summed E-state index contributed by atoms with van der Waals surface area (Å²) in [5, 5.41) is 5.80. The summed E-state index contributed by atoms with van der Waals surface area (Å²) in [6, 6.07) is 6.15. The number of sulfone groups is 1. The lowest BCUT2D eigenvalue weighted by molar-refractivity contribution is -0.121. The van der Waals surface area contributed by atoms with Crippen molar-refractivity contribution in [1.29, 1.82) is 0 Å². The maximum absolute atomic E-state index is 11.5. The Balaban J connectivity index is 2.28. The van der Waals surface area contributed by atoms with Crippen molar-refractivity contribution >= 4 is 15.7 Å². The molecule has 0 fully saturated rings. The highest BCUT2D eigenvalue weighted by Gasteiger charge is 2.06. The third-order valence-corrected chi connectivity index (χ3v) is 3.90. The van der Waals surface area contributed by atoms with E-state index in [-0.39, 0.29) is 23.8 Å². The predicted molar refractivity (Wildman–Crippen MR) is 81.2 cm³/mol. The molecular formula is C14H22N2O4S. The fraction of sp³-hybridized carbons (Fsp3) is 0.500. The van der Waals surface area contributed by atoms with Crippen LogP contribution in [0.3, 0.4) is 0 Å². The van der Waals surface area contributed by atoms with Crippen molar-refractivity contribution in [3.8, 4) is 5.75 Å². The number of carbonyl (C=O) groups is 1. The summed E-state index contributed by atoms with van der Waals surface area (Å²) in [7, 11) is -1.33. The Morgan fingerprint density at radius 3 is 2.43 bits per heavy atom. The molecule has 0 unspecified atom stereocenters. The molecule has 0 atom stereocenters. The van der Waals surface area contributed by atoms with E-state index < -0.39 is 9.84 Å². The Labute approximate surface area is 125 Å². The lowest BCUT2D eigenvalue weighted by Crippen LogP contribution is -2.27. The van der Waals surface area contributed by atoms with E-state index in [1.54, 1.807) is 12.1 Å². The minimum Gasteiger partial charge on any atom is -0.493 e. The van der Waals surface area contributed by atoms with E-state index in [1.807, 2.05) is 7.05 Å². The van der Waals surface area contributed by atoms with E-state index in [0.717, 1.165) is 19.2 Å². The highest BCUT2D eigenvalue weighted by Crippen LogP contribution is 2.15. The van der Waals surface area contributed by atoms with Gasteiger partial charge in [0.15, 0.2) is 9.84 Å². The van der Waals surface area contributed by atoms with Crippen molar-refractivity contribution in [3.63, 3.8) is 0 Å². The second-order valence-electron chi connectivity index (χ2n) is 4.65. The van der Waals surface area contributed by atoms with Gasteiger partial charge >= 0.3 is 0 Å². The first-order valence-corrected chi connectivity index (χ1v) is 8.67. The number of carbonyl (C=O) groups excluding carboxylic acids is 1. The first-order valence-electron chi connectivity index (χ1n) is 6.77. The van der Waals surface area contributed by atoms with Crippen LogP contribution in [0.5, 0.6) is 5.75 Å².